The Hall–Kier alpha value is -2.15. The van der Waals surface area contributed by atoms with E-state index in [4.69, 9.17) is 5.11 Å². The number of nitro groups is 1. The Morgan fingerprint density at radius 2 is 2.07 bits per heavy atom. The first-order chi connectivity index (χ1) is 7.09. The van der Waals surface area contributed by atoms with Crippen LogP contribution >= 0.6 is 0 Å². The van der Waals surface area contributed by atoms with Gasteiger partial charge in [0, 0.05) is 12.1 Å². The summed E-state index contributed by atoms with van der Waals surface area (Å²) in [6.45, 7) is 0.0181. The van der Waals surface area contributed by atoms with Crippen molar-refractivity contribution in [2.24, 2.45) is 0 Å². The third-order valence-electron chi connectivity index (χ3n) is 1.55. The summed E-state index contributed by atoms with van der Waals surface area (Å²) in [5, 5.41) is 18.5. The van der Waals surface area contributed by atoms with Crippen LogP contribution in [0.3, 0.4) is 0 Å². The summed E-state index contributed by atoms with van der Waals surface area (Å²) in [5.74, 6) is 0. The van der Waals surface area contributed by atoms with Crippen LogP contribution < -0.4 is 5.48 Å². The number of carboxylic acid groups (broad SMARTS) is 1. The standard InChI is InChI=1S/C8H8N2O5/c11-8(12)9-15-5-6-1-3-7(4-2-6)10(13)14/h1-4,9H,5H2,(H,11,12). The molecule has 0 saturated carbocycles. The minimum absolute atomic E-state index is 0.0181. The van der Waals surface area contributed by atoms with E-state index in [0.717, 1.165) is 0 Å². The SMILES string of the molecule is O=C(O)NOCc1ccc([N+](=O)[O-])cc1. The second-order valence-electron chi connectivity index (χ2n) is 2.62. The van der Waals surface area contributed by atoms with Gasteiger partial charge in [-0.1, -0.05) is 0 Å². The van der Waals surface area contributed by atoms with E-state index in [1.807, 2.05) is 0 Å². The Morgan fingerprint density at radius 1 is 1.47 bits per heavy atom. The van der Waals surface area contributed by atoms with E-state index in [1.165, 1.54) is 24.3 Å². The Morgan fingerprint density at radius 3 is 2.53 bits per heavy atom. The number of hydroxylamine groups is 1. The number of hydrogen-bond acceptors (Lipinski definition) is 4. The van der Waals surface area contributed by atoms with Crippen molar-refractivity contribution in [3.8, 4) is 0 Å². The van der Waals surface area contributed by atoms with Crippen LogP contribution in [0.15, 0.2) is 24.3 Å². The van der Waals surface area contributed by atoms with Gasteiger partial charge in [0.25, 0.3) is 5.69 Å². The molecule has 1 aromatic rings. The molecular formula is C8H8N2O5. The maximum atomic E-state index is 10.3. The third kappa shape index (κ3) is 3.61. The summed E-state index contributed by atoms with van der Waals surface area (Å²) in [7, 11) is 0. The van der Waals surface area contributed by atoms with Crippen LogP contribution in [-0.2, 0) is 11.4 Å². The van der Waals surface area contributed by atoms with Crippen LogP contribution in [0.1, 0.15) is 5.56 Å². The van der Waals surface area contributed by atoms with Gasteiger partial charge < -0.3 is 5.11 Å². The minimum atomic E-state index is -1.29. The van der Waals surface area contributed by atoms with Gasteiger partial charge >= 0.3 is 6.09 Å². The third-order valence-corrected chi connectivity index (χ3v) is 1.55. The summed E-state index contributed by atoms with van der Waals surface area (Å²) >= 11 is 0. The van der Waals surface area contributed by atoms with Crippen molar-refractivity contribution in [2.45, 2.75) is 6.61 Å². The van der Waals surface area contributed by atoms with Gasteiger partial charge in [0.1, 0.15) is 0 Å². The van der Waals surface area contributed by atoms with Crippen molar-refractivity contribution < 1.29 is 19.7 Å². The predicted octanol–water partition coefficient (Wildman–Crippen LogP) is 1.29. The number of amides is 1. The maximum Gasteiger partial charge on any atom is 0.428 e. The van der Waals surface area contributed by atoms with Gasteiger partial charge in [-0.05, 0) is 17.7 Å². The van der Waals surface area contributed by atoms with Crippen molar-refractivity contribution in [1.29, 1.82) is 0 Å². The van der Waals surface area contributed by atoms with Gasteiger partial charge in [0.05, 0.1) is 11.5 Å². The van der Waals surface area contributed by atoms with Crippen LogP contribution in [0.2, 0.25) is 0 Å². The first kappa shape index (κ1) is 10.9. The lowest BCUT2D eigenvalue weighted by atomic mass is 10.2. The molecule has 0 unspecified atom stereocenters. The molecule has 0 aromatic heterocycles. The van der Waals surface area contributed by atoms with Crippen molar-refractivity contribution >= 4 is 11.8 Å². The molecule has 1 amide bonds. The lowest BCUT2D eigenvalue weighted by Gasteiger charge is -2.01. The second-order valence-corrected chi connectivity index (χ2v) is 2.62. The lowest BCUT2D eigenvalue weighted by molar-refractivity contribution is -0.384. The summed E-state index contributed by atoms with van der Waals surface area (Å²) in [6.07, 6.45) is -1.29. The van der Waals surface area contributed by atoms with Crippen molar-refractivity contribution in [2.75, 3.05) is 0 Å². The molecule has 0 aliphatic carbocycles. The predicted molar refractivity (Wildman–Crippen MR) is 49.0 cm³/mol. The fourth-order valence-electron chi connectivity index (χ4n) is 0.895. The molecule has 0 aliphatic rings. The number of carbonyl (C=O) groups is 1. The molecule has 0 aliphatic heterocycles. The Labute approximate surface area is 84.4 Å². The van der Waals surface area contributed by atoms with Crippen LogP contribution in [0.25, 0.3) is 0 Å². The number of non-ortho nitro benzene ring substituents is 1. The van der Waals surface area contributed by atoms with Crippen molar-refractivity contribution in [1.82, 2.24) is 5.48 Å². The molecule has 2 N–H and O–H groups in total. The average molecular weight is 212 g/mol. The second kappa shape index (κ2) is 4.91. The Bertz CT molecular complexity index is 362. The highest BCUT2D eigenvalue weighted by atomic mass is 16.7. The molecule has 7 nitrogen and oxygen atoms in total. The first-order valence-electron chi connectivity index (χ1n) is 3.93. The van der Waals surface area contributed by atoms with Crippen LogP contribution in [-0.4, -0.2) is 16.1 Å². The van der Waals surface area contributed by atoms with E-state index < -0.39 is 11.0 Å². The number of nitrogens with one attached hydrogen (secondary N) is 1. The Kier molecular flexibility index (Phi) is 3.58. The summed E-state index contributed by atoms with van der Waals surface area (Å²) in [5.41, 5.74) is 2.32. The molecule has 1 aromatic carbocycles. The average Bonchev–Trinajstić information content (AvgIpc) is 2.18. The van der Waals surface area contributed by atoms with E-state index in [2.05, 4.69) is 4.84 Å². The minimum Gasteiger partial charge on any atom is -0.464 e. The molecule has 80 valence electrons. The van der Waals surface area contributed by atoms with Crippen LogP contribution in [0.4, 0.5) is 10.5 Å². The number of hydrogen-bond donors (Lipinski definition) is 2. The largest absolute Gasteiger partial charge is 0.464 e. The van der Waals surface area contributed by atoms with E-state index >= 15 is 0 Å². The zero-order valence-corrected chi connectivity index (χ0v) is 7.54. The highest BCUT2D eigenvalue weighted by Crippen LogP contribution is 2.11. The summed E-state index contributed by atoms with van der Waals surface area (Å²) in [4.78, 5) is 24.4. The normalized spacial score (nSPS) is 9.60. The molecule has 0 fully saturated rings. The topological polar surface area (TPSA) is 102 Å². The van der Waals surface area contributed by atoms with Crippen molar-refractivity contribution in [3.05, 3.63) is 39.9 Å². The molecule has 0 atom stereocenters. The quantitative estimate of drug-likeness (QED) is 0.578. The van der Waals surface area contributed by atoms with Gasteiger partial charge in [-0.2, -0.15) is 5.48 Å². The van der Waals surface area contributed by atoms with Gasteiger partial charge in [-0.3, -0.25) is 15.0 Å². The fraction of sp³-hybridized carbons (Fsp3) is 0.125. The number of nitrogens with zero attached hydrogens (tertiary/aromatic N) is 1. The van der Waals surface area contributed by atoms with Crippen LogP contribution in [0.5, 0.6) is 0 Å². The highest BCUT2D eigenvalue weighted by Gasteiger charge is 2.03. The zero-order valence-electron chi connectivity index (χ0n) is 7.54. The first-order valence-corrected chi connectivity index (χ1v) is 3.93. The van der Waals surface area contributed by atoms with Crippen molar-refractivity contribution in [3.63, 3.8) is 0 Å². The van der Waals surface area contributed by atoms with Gasteiger partial charge in [0.2, 0.25) is 0 Å². The van der Waals surface area contributed by atoms with Crippen LogP contribution in [0, 0.1) is 10.1 Å². The summed E-state index contributed by atoms with van der Waals surface area (Å²) in [6, 6.07) is 5.61. The molecule has 7 heteroatoms. The lowest BCUT2D eigenvalue weighted by Crippen LogP contribution is -2.20. The fourth-order valence-corrected chi connectivity index (χ4v) is 0.895. The van der Waals surface area contributed by atoms with E-state index in [9.17, 15) is 14.9 Å². The smallest absolute Gasteiger partial charge is 0.428 e. The monoisotopic (exact) mass is 212 g/mol. The maximum absolute atomic E-state index is 10.3. The number of nitro benzene ring substituents is 1. The van der Waals surface area contributed by atoms with Gasteiger partial charge in [-0.25, -0.2) is 4.79 Å². The van der Waals surface area contributed by atoms with E-state index in [-0.39, 0.29) is 12.3 Å². The highest BCUT2D eigenvalue weighted by molar-refractivity contribution is 5.62. The molecule has 0 spiro atoms. The summed E-state index contributed by atoms with van der Waals surface area (Å²) < 4.78 is 0. The molecule has 0 bridgehead atoms. The number of rotatable bonds is 4. The van der Waals surface area contributed by atoms with E-state index in [1.54, 1.807) is 5.48 Å². The molecule has 15 heavy (non-hydrogen) atoms. The van der Waals surface area contributed by atoms with Gasteiger partial charge in [0.15, 0.2) is 0 Å². The Balaban J connectivity index is 2.50. The molecular weight excluding hydrogens is 204 g/mol. The zero-order chi connectivity index (χ0) is 11.3. The molecule has 0 radical (unpaired) electrons. The molecule has 1 rings (SSSR count). The van der Waals surface area contributed by atoms with Gasteiger partial charge in [-0.15, -0.1) is 0 Å². The molecule has 0 saturated heterocycles. The van der Waals surface area contributed by atoms with E-state index in [0.29, 0.717) is 5.56 Å². The molecule has 0 heterocycles. The number of benzene rings is 1.